The number of amides is 1. The van der Waals surface area contributed by atoms with E-state index in [0.29, 0.717) is 13.1 Å². The summed E-state index contributed by atoms with van der Waals surface area (Å²) in [5.41, 5.74) is 1.95. The van der Waals surface area contributed by atoms with Gasteiger partial charge in [-0.1, -0.05) is 0 Å². The lowest BCUT2D eigenvalue weighted by Crippen LogP contribution is -2.56. The molecule has 4 heterocycles. The van der Waals surface area contributed by atoms with Crippen molar-refractivity contribution in [2.75, 3.05) is 13.1 Å². The molecule has 1 saturated carbocycles. The average molecular weight is 383 g/mol. The lowest BCUT2D eigenvalue weighted by Gasteiger charge is -2.58. The van der Waals surface area contributed by atoms with Gasteiger partial charge in [0.2, 0.25) is 0 Å². The maximum Gasteiger partial charge on any atom is 0.493 e. The zero-order valence-electron chi connectivity index (χ0n) is 16.6. The molecule has 3 aliphatic rings. The molecular weight excluding hydrogens is 357 g/mol. The van der Waals surface area contributed by atoms with Crippen molar-refractivity contribution in [3.05, 3.63) is 24.0 Å². The number of rotatable bonds is 0. The van der Waals surface area contributed by atoms with Gasteiger partial charge in [-0.15, -0.1) is 0 Å². The Morgan fingerprint density at radius 3 is 2.75 bits per heavy atom. The van der Waals surface area contributed by atoms with E-state index in [-0.39, 0.29) is 11.5 Å². The summed E-state index contributed by atoms with van der Waals surface area (Å²) in [6, 6.07) is 2.01. The lowest BCUT2D eigenvalue weighted by molar-refractivity contribution is -0.137. The third-order valence-corrected chi connectivity index (χ3v) is 6.47. The van der Waals surface area contributed by atoms with Crippen molar-refractivity contribution in [1.29, 1.82) is 0 Å². The normalized spacial score (nSPS) is 22.6. The largest absolute Gasteiger partial charge is 0.493 e. The number of aromatic amines is 1. The minimum atomic E-state index is -0.916. The molecule has 5 rings (SSSR count). The molecule has 0 bridgehead atoms. The maximum absolute atomic E-state index is 12.3. The van der Waals surface area contributed by atoms with Crippen LogP contribution in [0.15, 0.2) is 18.5 Å². The van der Waals surface area contributed by atoms with Gasteiger partial charge in [-0.3, -0.25) is 0 Å². The maximum atomic E-state index is 12.3. The van der Waals surface area contributed by atoms with E-state index in [1.807, 2.05) is 37.9 Å². The van der Waals surface area contributed by atoms with Crippen molar-refractivity contribution in [2.45, 2.75) is 57.7 Å². The van der Waals surface area contributed by atoms with Crippen LogP contribution >= 0.6 is 0 Å². The van der Waals surface area contributed by atoms with Crippen molar-refractivity contribution < 1.29 is 19.2 Å². The fourth-order valence-electron chi connectivity index (χ4n) is 5.32. The molecule has 2 aromatic rings. The Hall–Kier alpha value is -2.06. The van der Waals surface area contributed by atoms with Gasteiger partial charge in [0, 0.05) is 36.3 Å². The molecule has 2 aliphatic heterocycles. The number of aromatic nitrogens is 2. The summed E-state index contributed by atoms with van der Waals surface area (Å²) in [5.74, 6) is 0. The minimum Gasteiger partial charge on any atom is -0.444 e. The van der Waals surface area contributed by atoms with Crippen LogP contribution in [0.4, 0.5) is 4.79 Å². The number of ether oxygens (including phenoxy) is 1. The molecule has 2 N–H and O–H groups in total. The van der Waals surface area contributed by atoms with Gasteiger partial charge in [-0.25, -0.2) is 9.78 Å². The summed E-state index contributed by atoms with van der Waals surface area (Å²) in [7, 11) is -0.916. The molecule has 0 atom stereocenters. The van der Waals surface area contributed by atoms with Crippen molar-refractivity contribution in [1.82, 2.24) is 14.9 Å². The second kappa shape index (κ2) is 5.73. The quantitative estimate of drug-likeness (QED) is 0.682. The van der Waals surface area contributed by atoms with Crippen molar-refractivity contribution in [3.8, 4) is 0 Å². The van der Waals surface area contributed by atoms with Crippen LogP contribution in [0.2, 0.25) is 0 Å². The molecular formula is C20H26BN3O4. The second-order valence-corrected chi connectivity index (χ2v) is 9.61. The highest BCUT2D eigenvalue weighted by Crippen LogP contribution is 2.62. The number of likely N-dealkylation sites (tertiary alicyclic amines) is 1. The number of hydrogen-bond donors (Lipinski definition) is 2. The Bertz CT molecular complexity index is 935. The molecule has 28 heavy (non-hydrogen) atoms. The van der Waals surface area contributed by atoms with Gasteiger partial charge in [0.25, 0.3) is 0 Å². The molecule has 148 valence electrons. The Morgan fingerprint density at radius 2 is 2.07 bits per heavy atom. The molecule has 7 nitrogen and oxygen atoms in total. The van der Waals surface area contributed by atoms with Crippen LogP contribution in [0.1, 0.15) is 52.0 Å². The molecule has 1 aliphatic carbocycles. The molecule has 2 spiro atoms. The second-order valence-electron chi connectivity index (χ2n) is 9.61. The van der Waals surface area contributed by atoms with E-state index in [1.165, 1.54) is 0 Å². The Kier molecular flexibility index (Phi) is 3.69. The van der Waals surface area contributed by atoms with Crippen LogP contribution in [0.3, 0.4) is 0 Å². The molecule has 0 aromatic carbocycles. The van der Waals surface area contributed by atoms with Gasteiger partial charge >= 0.3 is 13.2 Å². The van der Waals surface area contributed by atoms with Crippen LogP contribution in [0, 0.1) is 5.41 Å². The summed E-state index contributed by atoms with van der Waals surface area (Å²) >= 11 is 0. The summed E-state index contributed by atoms with van der Waals surface area (Å²) in [6.45, 7) is 7.08. The van der Waals surface area contributed by atoms with Crippen LogP contribution in [0.5, 0.6) is 0 Å². The van der Waals surface area contributed by atoms with E-state index in [9.17, 15) is 9.82 Å². The van der Waals surface area contributed by atoms with Crippen LogP contribution < -0.4 is 5.46 Å². The minimum absolute atomic E-state index is 0.158. The van der Waals surface area contributed by atoms with E-state index >= 15 is 0 Å². The van der Waals surface area contributed by atoms with Gasteiger partial charge < -0.3 is 24.3 Å². The van der Waals surface area contributed by atoms with Gasteiger partial charge in [0.05, 0.1) is 5.60 Å². The monoisotopic (exact) mass is 383 g/mol. The van der Waals surface area contributed by atoms with Crippen molar-refractivity contribution in [3.63, 3.8) is 0 Å². The Labute approximate surface area is 164 Å². The number of pyridine rings is 1. The summed E-state index contributed by atoms with van der Waals surface area (Å²) in [5, 5.41) is 11.5. The number of piperidine rings is 1. The molecule has 0 unspecified atom stereocenters. The predicted molar refractivity (Wildman–Crippen MR) is 105 cm³/mol. The third-order valence-electron chi connectivity index (χ3n) is 6.47. The number of carbonyl (C=O) groups is 1. The van der Waals surface area contributed by atoms with E-state index in [0.717, 1.165) is 47.7 Å². The SMILES string of the molecule is CC(C)(C)OC(=O)N1CCC2(CC1)CC1(C2)OB(O)c2cnc3[nH]ccc3c21. The summed E-state index contributed by atoms with van der Waals surface area (Å²) < 4.78 is 11.6. The van der Waals surface area contributed by atoms with E-state index in [2.05, 4.69) is 9.97 Å². The first-order chi connectivity index (χ1) is 13.2. The zero-order valence-corrected chi connectivity index (χ0v) is 16.6. The average Bonchev–Trinajstić information content (AvgIpc) is 3.16. The molecule has 1 amide bonds. The van der Waals surface area contributed by atoms with Crippen LogP contribution in [-0.2, 0) is 15.0 Å². The number of nitrogens with zero attached hydrogens (tertiary/aromatic N) is 2. The summed E-state index contributed by atoms with van der Waals surface area (Å²) in [6.07, 6.45) is 6.99. The number of nitrogens with one attached hydrogen (secondary N) is 1. The van der Waals surface area contributed by atoms with Gasteiger partial charge in [-0.2, -0.15) is 0 Å². The predicted octanol–water partition coefficient (Wildman–Crippen LogP) is 2.29. The molecule has 2 fully saturated rings. The highest BCUT2D eigenvalue weighted by Gasteiger charge is 2.62. The number of fused-ring (bicyclic) bond motifs is 4. The first kappa shape index (κ1) is 18.0. The topological polar surface area (TPSA) is 87.7 Å². The zero-order chi connectivity index (χ0) is 19.7. The molecule has 0 radical (unpaired) electrons. The van der Waals surface area contributed by atoms with E-state index in [1.54, 1.807) is 6.20 Å². The number of H-pyrrole nitrogens is 1. The number of carbonyl (C=O) groups excluding carboxylic acids is 1. The fourth-order valence-corrected chi connectivity index (χ4v) is 5.32. The first-order valence-corrected chi connectivity index (χ1v) is 10.0. The van der Waals surface area contributed by atoms with Gasteiger partial charge in [-0.05, 0) is 63.5 Å². The van der Waals surface area contributed by atoms with E-state index in [4.69, 9.17) is 9.39 Å². The Balaban J connectivity index is 1.33. The summed E-state index contributed by atoms with van der Waals surface area (Å²) in [4.78, 5) is 21.7. The van der Waals surface area contributed by atoms with Crippen molar-refractivity contribution in [2.24, 2.45) is 5.41 Å². The van der Waals surface area contributed by atoms with Crippen LogP contribution in [0.25, 0.3) is 11.0 Å². The molecule has 8 heteroatoms. The molecule has 1 saturated heterocycles. The smallest absolute Gasteiger partial charge is 0.444 e. The van der Waals surface area contributed by atoms with Gasteiger partial charge in [0.1, 0.15) is 11.2 Å². The highest BCUT2D eigenvalue weighted by atomic mass is 16.6. The molecule has 2 aromatic heterocycles. The standard InChI is InChI=1S/C20H26BN3O4/c1-18(2,3)27-17(25)24-8-5-19(6-9-24)11-20(12-19)15-13-4-7-22-16(13)23-10-14(15)21(26)28-20/h4,7,10,26H,5-6,8-9,11-12H2,1-3H3,(H,22,23). The number of hydrogen-bond acceptors (Lipinski definition) is 5. The fraction of sp³-hybridized carbons (Fsp3) is 0.600. The lowest BCUT2D eigenvalue weighted by atomic mass is 9.53. The van der Waals surface area contributed by atoms with Gasteiger partial charge in [0.15, 0.2) is 0 Å². The first-order valence-electron chi connectivity index (χ1n) is 10.0. The van der Waals surface area contributed by atoms with Crippen molar-refractivity contribution >= 4 is 29.7 Å². The van der Waals surface area contributed by atoms with Crippen LogP contribution in [-0.4, -0.2) is 51.8 Å². The Morgan fingerprint density at radius 1 is 1.36 bits per heavy atom. The highest BCUT2D eigenvalue weighted by molar-refractivity contribution is 6.62. The third kappa shape index (κ3) is 2.65. The van der Waals surface area contributed by atoms with E-state index < -0.39 is 18.3 Å².